The maximum absolute atomic E-state index is 12.0. The van der Waals surface area contributed by atoms with Crippen molar-refractivity contribution in [2.75, 3.05) is 5.43 Å². The van der Waals surface area contributed by atoms with Crippen LogP contribution in [0.3, 0.4) is 0 Å². The molecular formula is C12H15N5O. The fraction of sp³-hybridized carbons (Fsp3) is 0.167. The van der Waals surface area contributed by atoms with Gasteiger partial charge < -0.3 is 15.7 Å². The van der Waals surface area contributed by atoms with Crippen LogP contribution in [0.2, 0.25) is 0 Å². The number of nitrogens with two attached hydrogens (primary N) is 1. The number of aromatic nitrogens is 2. The van der Waals surface area contributed by atoms with Crippen molar-refractivity contribution >= 4 is 11.6 Å². The van der Waals surface area contributed by atoms with Crippen molar-refractivity contribution in [2.45, 2.75) is 13.5 Å². The highest BCUT2D eigenvalue weighted by molar-refractivity contribution is 5.99. The van der Waals surface area contributed by atoms with Gasteiger partial charge in [0, 0.05) is 6.20 Å². The number of carbonyl (C=O) groups excluding carboxylic acids is 1. The van der Waals surface area contributed by atoms with E-state index in [1.807, 2.05) is 13.0 Å². The molecule has 5 N–H and O–H groups in total. The fourth-order valence-corrected chi connectivity index (χ4v) is 1.62. The third kappa shape index (κ3) is 2.67. The van der Waals surface area contributed by atoms with Crippen molar-refractivity contribution in [2.24, 2.45) is 5.84 Å². The molecule has 6 nitrogen and oxygen atoms in total. The Labute approximate surface area is 105 Å². The summed E-state index contributed by atoms with van der Waals surface area (Å²) in [7, 11) is 0. The monoisotopic (exact) mass is 245 g/mol. The minimum Gasteiger partial charge on any atom is -0.347 e. The number of rotatable bonds is 4. The van der Waals surface area contributed by atoms with Crippen LogP contribution in [-0.4, -0.2) is 15.9 Å². The molecule has 0 saturated carbocycles. The van der Waals surface area contributed by atoms with Crippen LogP contribution in [0.4, 0.5) is 5.69 Å². The number of aryl methyl sites for hydroxylation is 1. The van der Waals surface area contributed by atoms with Crippen LogP contribution in [0, 0.1) is 6.92 Å². The van der Waals surface area contributed by atoms with Crippen LogP contribution in [0.25, 0.3) is 0 Å². The highest BCUT2D eigenvalue weighted by Crippen LogP contribution is 2.16. The van der Waals surface area contributed by atoms with Gasteiger partial charge in [0.2, 0.25) is 0 Å². The average molecular weight is 245 g/mol. The Balaban J connectivity index is 2.10. The summed E-state index contributed by atoms with van der Waals surface area (Å²) in [5, 5.41) is 2.80. The molecule has 1 aromatic carbocycles. The predicted molar refractivity (Wildman–Crippen MR) is 68.7 cm³/mol. The third-order valence-electron chi connectivity index (χ3n) is 2.57. The second kappa shape index (κ2) is 5.33. The molecule has 0 bridgehead atoms. The summed E-state index contributed by atoms with van der Waals surface area (Å²) >= 11 is 0. The molecule has 0 fully saturated rings. The lowest BCUT2D eigenvalue weighted by atomic mass is 10.1. The number of hydrazine groups is 1. The van der Waals surface area contributed by atoms with E-state index in [9.17, 15) is 4.79 Å². The standard InChI is InChI=1S/C12H15N5O/c1-8-2-3-11(17-13)10(4-8)12(18)15-6-9-5-14-7-16-9/h2-5,7,17H,6,13H2,1H3,(H,14,16)(H,15,18). The summed E-state index contributed by atoms with van der Waals surface area (Å²) in [4.78, 5) is 18.8. The lowest BCUT2D eigenvalue weighted by molar-refractivity contribution is 0.0951. The topological polar surface area (TPSA) is 95.8 Å². The van der Waals surface area contributed by atoms with Crippen LogP contribution >= 0.6 is 0 Å². The van der Waals surface area contributed by atoms with E-state index in [1.54, 1.807) is 24.7 Å². The van der Waals surface area contributed by atoms with Crippen molar-refractivity contribution in [3.63, 3.8) is 0 Å². The van der Waals surface area contributed by atoms with Crippen molar-refractivity contribution in [1.82, 2.24) is 15.3 Å². The maximum atomic E-state index is 12.0. The Morgan fingerprint density at radius 3 is 3.00 bits per heavy atom. The largest absolute Gasteiger partial charge is 0.347 e. The van der Waals surface area contributed by atoms with Gasteiger partial charge in [0.05, 0.1) is 29.8 Å². The van der Waals surface area contributed by atoms with Gasteiger partial charge in [-0.05, 0) is 19.1 Å². The Hall–Kier alpha value is -2.34. The van der Waals surface area contributed by atoms with Gasteiger partial charge in [-0.25, -0.2) is 4.98 Å². The first-order valence-corrected chi connectivity index (χ1v) is 5.53. The summed E-state index contributed by atoms with van der Waals surface area (Å²) in [6.07, 6.45) is 3.24. The normalized spacial score (nSPS) is 10.1. The van der Waals surface area contributed by atoms with Gasteiger partial charge in [-0.3, -0.25) is 10.6 Å². The molecule has 1 aromatic heterocycles. The quantitative estimate of drug-likeness (QED) is 0.476. The van der Waals surface area contributed by atoms with E-state index < -0.39 is 0 Å². The molecule has 0 saturated heterocycles. The Bertz CT molecular complexity index is 535. The summed E-state index contributed by atoms with van der Waals surface area (Å²) in [6, 6.07) is 5.46. The smallest absolute Gasteiger partial charge is 0.253 e. The van der Waals surface area contributed by atoms with Gasteiger partial charge in [-0.1, -0.05) is 11.6 Å². The van der Waals surface area contributed by atoms with Crippen molar-refractivity contribution in [3.8, 4) is 0 Å². The third-order valence-corrected chi connectivity index (χ3v) is 2.57. The highest BCUT2D eigenvalue weighted by Gasteiger charge is 2.10. The van der Waals surface area contributed by atoms with Gasteiger partial charge in [-0.15, -0.1) is 0 Å². The first kappa shape index (κ1) is 12.1. The molecule has 0 radical (unpaired) electrons. The van der Waals surface area contributed by atoms with Gasteiger partial charge >= 0.3 is 0 Å². The van der Waals surface area contributed by atoms with Gasteiger partial charge in [0.25, 0.3) is 5.91 Å². The Morgan fingerprint density at radius 2 is 2.33 bits per heavy atom. The molecule has 2 aromatic rings. The second-order valence-corrected chi connectivity index (χ2v) is 3.95. The number of benzene rings is 1. The van der Waals surface area contributed by atoms with Crippen molar-refractivity contribution in [1.29, 1.82) is 0 Å². The molecule has 0 aliphatic carbocycles. The summed E-state index contributed by atoms with van der Waals surface area (Å²) in [5.41, 5.74) is 5.49. The molecule has 0 aliphatic rings. The van der Waals surface area contributed by atoms with E-state index >= 15 is 0 Å². The zero-order chi connectivity index (χ0) is 13.0. The molecule has 1 heterocycles. The van der Waals surface area contributed by atoms with Crippen LogP contribution in [-0.2, 0) is 6.54 Å². The zero-order valence-corrected chi connectivity index (χ0v) is 10.0. The zero-order valence-electron chi connectivity index (χ0n) is 10.0. The molecular weight excluding hydrogens is 230 g/mol. The lowest BCUT2D eigenvalue weighted by Gasteiger charge is -2.10. The number of carbonyl (C=O) groups is 1. The first-order chi connectivity index (χ1) is 8.70. The Morgan fingerprint density at radius 1 is 1.50 bits per heavy atom. The van der Waals surface area contributed by atoms with Crippen LogP contribution in [0.15, 0.2) is 30.7 Å². The van der Waals surface area contributed by atoms with Crippen LogP contribution in [0.1, 0.15) is 21.6 Å². The minimum atomic E-state index is -0.179. The molecule has 2 rings (SSSR count). The molecule has 1 amide bonds. The molecule has 0 unspecified atom stereocenters. The summed E-state index contributed by atoms with van der Waals surface area (Å²) in [5.74, 6) is 5.20. The molecule has 18 heavy (non-hydrogen) atoms. The van der Waals surface area contributed by atoms with Crippen LogP contribution in [0.5, 0.6) is 0 Å². The van der Waals surface area contributed by atoms with Gasteiger partial charge in [0.1, 0.15) is 0 Å². The summed E-state index contributed by atoms with van der Waals surface area (Å²) in [6.45, 7) is 2.32. The van der Waals surface area contributed by atoms with E-state index in [-0.39, 0.29) is 5.91 Å². The van der Waals surface area contributed by atoms with Gasteiger partial charge in [-0.2, -0.15) is 0 Å². The number of nitrogen functional groups attached to an aromatic ring is 1. The van der Waals surface area contributed by atoms with Crippen LogP contribution < -0.4 is 16.6 Å². The number of hydrogen-bond acceptors (Lipinski definition) is 4. The molecule has 0 spiro atoms. The number of nitrogens with one attached hydrogen (secondary N) is 3. The number of hydrogen-bond donors (Lipinski definition) is 4. The van der Waals surface area contributed by atoms with Gasteiger partial charge in [0.15, 0.2) is 0 Å². The van der Waals surface area contributed by atoms with Crippen molar-refractivity contribution < 1.29 is 4.79 Å². The van der Waals surface area contributed by atoms with Crippen molar-refractivity contribution in [3.05, 3.63) is 47.5 Å². The Kier molecular flexibility index (Phi) is 3.59. The summed E-state index contributed by atoms with van der Waals surface area (Å²) < 4.78 is 0. The first-order valence-electron chi connectivity index (χ1n) is 5.53. The predicted octanol–water partition coefficient (Wildman–Crippen LogP) is 0.934. The minimum absolute atomic E-state index is 0.179. The molecule has 6 heteroatoms. The average Bonchev–Trinajstić information content (AvgIpc) is 2.89. The van der Waals surface area contributed by atoms with E-state index in [2.05, 4.69) is 20.7 Å². The SMILES string of the molecule is Cc1ccc(NN)c(C(=O)NCc2cnc[nH]2)c1. The second-order valence-electron chi connectivity index (χ2n) is 3.95. The molecule has 94 valence electrons. The highest BCUT2D eigenvalue weighted by atomic mass is 16.1. The number of H-pyrrole nitrogens is 1. The fourth-order valence-electron chi connectivity index (χ4n) is 1.62. The molecule has 0 aliphatic heterocycles. The van der Waals surface area contributed by atoms with E-state index in [4.69, 9.17) is 5.84 Å². The molecule has 0 atom stereocenters. The maximum Gasteiger partial charge on any atom is 0.253 e. The van der Waals surface area contributed by atoms with E-state index in [1.165, 1.54) is 0 Å². The number of aromatic amines is 1. The lowest BCUT2D eigenvalue weighted by Crippen LogP contribution is -2.25. The number of amides is 1. The number of imidazole rings is 1. The van der Waals surface area contributed by atoms with E-state index in [0.29, 0.717) is 17.8 Å². The number of nitrogens with zero attached hydrogens (tertiary/aromatic N) is 1. The van der Waals surface area contributed by atoms with E-state index in [0.717, 1.165) is 11.3 Å². The number of anilines is 1.